The lowest BCUT2D eigenvalue weighted by atomic mass is 9.87. The lowest BCUT2D eigenvalue weighted by Gasteiger charge is -2.18. The molecule has 1 aromatic carbocycles. The molecule has 0 aliphatic rings. The maximum atomic E-state index is 5.73. The van der Waals surface area contributed by atoms with Crippen LogP contribution in [0.5, 0.6) is 0 Å². The molecule has 2 heteroatoms. The summed E-state index contributed by atoms with van der Waals surface area (Å²) < 4.78 is 5.73. The summed E-state index contributed by atoms with van der Waals surface area (Å²) in [6.07, 6.45) is 1.98. The lowest BCUT2D eigenvalue weighted by Crippen LogP contribution is -2.10. The van der Waals surface area contributed by atoms with Gasteiger partial charge in [-0.3, -0.25) is 0 Å². The average molecular weight is 217 g/mol. The van der Waals surface area contributed by atoms with Crippen molar-refractivity contribution in [2.24, 2.45) is 0 Å². The van der Waals surface area contributed by atoms with E-state index in [1.54, 1.807) is 0 Å². The van der Waals surface area contributed by atoms with Gasteiger partial charge in [0.1, 0.15) is 5.52 Å². The Morgan fingerprint density at radius 3 is 2.62 bits per heavy atom. The van der Waals surface area contributed by atoms with E-state index in [1.807, 2.05) is 0 Å². The average Bonchev–Trinajstić information content (AvgIpc) is 2.57. The first-order valence-electron chi connectivity index (χ1n) is 5.90. The molecule has 0 saturated heterocycles. The molecule has 1 heterocycles. The molecule has 0 aliphatic carbocycles. The van der Waals surface area contributed by atoms with Crippen LogP contribution in [0.15, 0.2) is 22.6 Å². The molecule has 0 atom stereocenters. The van der Waals surface area contributed by atoms with Crippen LogP contribution in [0.4, 0.5) is 0 Å². The number of oxazole rings is 1. The molecule has 0 unspecified atom stereocenters. The predicted molar refractivity (Wildman–Crippen MR) is 66.7 cm³/mol. The third kappa shape index (κ3) is 2.11. The van der Waals surface area contributed by atoms with Crippen LogP contribution in [-0.2, 0) is 11.8 Å². The molecular formula is C14H19NO. The molecule has 0 radical (unpaired) electrons. The van der Waals surface area contributed by atoms with Gasteiger partial charge >= 0.3 is 0 Å². The molecule has 1 aromatic heterocycles. The Labute approximate surface area is 96.7 Å². The second-order valence-electron chi connectivity index (χ2n) is 5.29. The Balaban J connectivity index is 2.46. The van der Waals surface area contributed by atoms with Crippen LogP contribution in [0.2, 0.25) is 0 Å². The molecule has 0 saturated carbocycles. The van der Waals surface area contributed by atoms with Crippen LogP contribution in [0.1, 0.15) is 45.6 Å². The van der Waals surface area contributed by atoms with E-state index in [2.05, 4.69) is 50.9 Å². The molecule has 0 fully saturated rings. The van der Waals surface area contributed by atoms with E-state index in [0.717, 1.165) is 29.8 Å². The highest BCUT2D eigenvalue weighted by Gasteiger charge is 2.15. The van der Waals surface area contributed by atoms with Crippen molar-refractivity contribution in [2.45, 2.75) is 46.0 Å². The fourth-order valence-electron chi connectivity index (χ4n) is 1.76. The molecule has 16 heavy (non-hydrogen) atoms. The second kappa shape index (κ2) is 3.93. The number of benzene rings is 1. The van der Waals surface area contributed by atoms with E-state index in [1.165, 1.54) is 5.56 Å². The summed E-state index contributed by atoms with van der Waals surface area (Å²) in [6.45, 7) is 8.75. The number of hydrogen-bond donors (Lipinski definition) is 0. The molecule has 2 aromatic rings. The molecule has 86 valence electrons. The first-order chi connectivity index (χ1) is 7.50. The van der Waals surface area contributed by atoms with Crippen LogP contribution in [-0.4, -0.2) is 4.98 Å². The maximum absolute atomic E-state index is 5.73. The van der Waals surface area contributed by atoms with E-state index < -0.39 is 0 Å². The zero-order chi connectivity index (χ0) is 11.8. The number of nitrogens with zero attached hydrogens (tertiary/aromatic N) is 1. The highest BCUT2D eigenvalue weighted by Crippen LogP contribution is 2.26. The van der Waals surface area contributed by atoms with Crippen LogP contribution >= 0.6 is 0 Å². The van der Waals surface area contributed by atoms with Gasteiger partial charge in [-0.2, -0.15) is 0 Å². The van der Waals surface area contributed by atoms with Gasteiger partial charge in [0.05, 0.1) is 0 Å². The van der Waals surface area contributed by atoms with Crippen molar-refractivity contribution in [1.29, 1.82) is 0 Å². The number of aromatic nitrogens is 1. The molecule has 0 spiro atoms. The summed E-state index contributed by atoms with van der Waals surface area (Å²) in [5.74, 6) is 0.851. The summed E-state index contributed by atoms with van der Waals surface area (Å²) in [6, 6.07) is 6.31. The van der Waals surface area contributed by atoms with Crippen molar-refractivity contribution in [3.05, 3.63) is 29.7 Å². The monoisotopic (exact) mass is 217 g/mol. The van der Waals surface area contributed by atoms with E-state index in [4.69, 9.17) is 4.42 Å². The molecule has 0 amide bonds. The Morgan fingerprint density at radius 1 is 1.25 bits per heavy atom. The fourth-order valence-corrected chi connectivity index (χ4v) is 1.76. The standard InChI is InChI=1S/C14H19NO/c1-5-6-13-15-11-8-7-10(14(2,3)4)9-12(11)16-13/h7-9H,5-6H2,1-4H3. The van der Waals surface area contributed by atoms with E-state index >= 15 is 0 Å². The first kappa shape index (κ1) is 11.2. The molecule has 0 N–H and O–H groups in total. The number of fused-ring (bicyclic) bond motifs is 1. The summed E-state index contributed by atoms with van der Waals surface area (Å²) in [4.78, 5) is 4.46. The van der Waals surface area contributed by atoms with Gasteiger partial charge in [0.15, 0.2) is 11.5 Å². The Kier molecular flexibility index (Phi) is 2.75. The topological polar surface area (TPSA) is 26.0 Å². The van der Waals surface area contributed by atoms with E-state index in [9.17, 15) is 0 Å². The van der Waals surface area contributed by atoms with E-state index in [0.29, 0.717) is 0 Å². The fraction of sp³-hybridized carbons (Fsp3) is 0.500. The van der Waals surface area contributed by atoms with Crippen molar-refractivity contribution < 1.29 is 4.42 Å². The number of rotatable bonds is 2. The molecule has 2 rings (SSSR count). The summed E-state index contributed by atoms with van der Waals surface area (Å²) in [5, 5.41) is 0. The summed E-state index contributed by atoms with van der Waals surface area (Å²) in [5.41, 5.74) is 3.33. The van der Waals surface area contributed by atoms with Gasteiger partial charge < -0.3 is 4.42 Å². The van der Waals surface area contributed by atoms with Gasteiger partial charge in [0.2, 0.25) is 0 Å². The Bertz CT molecular complexity index is 491. The largest absolute Gasteiger partial charge is 0.441 e. The van der Waals surface area contributed by atoms with Gasteiger partial charge in [0.25, 0.3) is 0 Å². The minimum absolute atomic E-state index is 0.159. The van der Waals surface area contributed by atoms with Crippen LogP contribution in [0.25, 0.3) is 11.1 Å². The van der Waals surface area contributed by atoms with Gasteiger partial charge in [-0.25, -0.2) is 4.98 Å². The van der Waals surface area contributed by atoms with Crippen LogP contribution in [0.3, 0.4) is 0 Å². The third-order valence-electron chi connectivity index (χ3n) is 2.76. The summed E-state index contributed by atoms with van der Waals surface area (Å²) >= 11 is 0. The van der Waals surface area contributed by atoms with Gasteiger partial charge in [0, 0.05) is 6.42 Å². The Morgan fingerprint density at radius 2 is 2.00 bits per heavy atom. The first-order valence-corrected chi connectivity index (χ1v) is 5.90. The summed E-state index contributed by atoms with van der Waals surface area (Å²) in [7, 11) is 0. The van der Waals surface area contributed by atoms with Crippen molar-refractivity contribution in [2.75, 3.05) is 0 Å². The highest BCUT2D eigenvalue weighted by molar-refractivity contribution is 5.73. The molecular weight excluding hydrogens is 198 g/mol. The van der Waals surface area contributed by atoms with Crippen molar-refractivity contribution in [3.63, 3.8) is 0 Å². The number of hydrogen-bond acceptors (Lipinski definition) is 2. The molecule has 0 bridgehead atoms. The zero-order valence-electron chi connectivity index (χ0n) is 10.5. The third-order valence-corrected chi connectivity index (χ3v) is 2.76. The SMILES string of the molecule is CCCc1nc2ccc(C(C)(C)C)cc2o1. The predicted octanol–water partition coefficient (Wildman–Crippen LogP) is 4.08. The normalized spacial score (nSPS) is 12.2. The maximum Gasteiger partial charge on any atom is 0.195 e. The van der Waals surface area contributed by atoms with Gasteiger partial charge in [-0.1, -0.05) is 33.8 Å². The quantitative estimate of drug-likeness (QED) is 0.757. The molecule has 0 aliphatic heterocycles. The van der Waals surface area contributed by atoms with Crippen LogP contribution in [0, 0.1) is 0 Å². The van der Waals surface area contributed by atoms with Crippen molar-refractivity contribution in [1.82, 2.24) is 4.98 Å². The number of aryl methyl sites for hydroxylation is 1. The molecule has 2 nitrogen and oxygen atoms in total. The van der Waals surface area contributed by atoms with Crippen molar-refractivity contribution in [3.8, 4) is 0 Å². The van der Waals surface area contributed by atoms with Gasteiger partial charge in [-0.15, -0.1) is 0 Å². The minimum atomic E-state index is 0.159. The van der Waals surface area contributed by atoms with E-state index in [-0.39, 0.29) is 5.41 Å². The minimum Gasteiger partial charge on any atom is -0.441 e. The highest BCUT2D eigenvalue weighted by atomic mass is 16.3. The smallest absolute Gasteiger partial charge is 0.195 e. The van der Waals surface area contributed by atoms with Crippen LogP contribution < -0.4 is 0 Å². The van der Waals surface area contributed by atoms with Gasteiger partial charge in [-0.05, 0) is 29.5 Å². The lowest BCUT2D eigenvalue weighted by molar-refractivity contribution is 0.523. The second-order valence-corrected chi connectivity index (χ2v) is 5.29. The Hall–Kier alpha value is -1.31. The van der Waals surface area contributed by atoms with Crippen molar-refractivity contribution >= 4 is 11.1 Å². The zero-order valence-corrected chi connectivity index (χ0v) is 10.5.